The first kappa shape index (κ1) is 17.3. The summed E-state index contributed by atoms with van der Waals surface area (Å²) in [6.45, 7) is 6.91. The summed E-state index contributed by atoms with van der Waals surface area (Å²) in [5, 5.41) is 7.69. The molecule has 132 valence electrons. The van der Waals surface area contributed by atoms with Gasteiger partial charge in [0.2, 0.25) is 10.0 Å². The van der Waals surface area contributed by atoms with Crippen LogP contribution < -0.4 is 0 Å². The van der Waals surface area contributed by atoms with Crippen molar-refractivity contribution in [1.82, 2.24) is 14.6 Å². The summed E-state index contributed by atoms with van der Waals surface area (Å²) in [6.07, 6.45) is 2.95. The summed E-state index contributed by atoms with van der Waals surface area (Å²) >= 11 is 0. The molecule has 1 aromatic carbocycles. The monoisotopic (exact) mass is 353 g/mol. The first-order chi connectivity index (χ1) is 11.4. The summed E-state index contributed by atoms with van der Waals surface area (Å²) in [4.78, 5) is 0.182. The first-order valence-electron chi connectivity index (χ1n) is 8.29. The van der Waals surface area contributed by atoms with Crippen molar-refractivity contribution < 1.29 is 17.8 Å². The van der Waals surface area contributed by atoms with E-state index in [1.54, 1.807) is 6.92 Å². The topological polar surface area (TPSA) is 85.5 Å². The lowest BCUT2D eigenvalue weighted by Gasteiger charge is -2.29. The molecule has 0 bridgehead atoms. The van der Waals surface area contributed by atoms with Crippen molar-refractivity contribution in [3.05, 3.63) is 17.2 Å². The van der Waals surface area contributed by atoms with Gasteiger partial charge in [0, 0.05) is 19.7 Å². The van der Waals surface area contributed by atoms with Gasteiger partial charge in [-0.1, -0.05) is 13.0 Å². The Morgan fingerprint density at radius 1 is 1.21 bits per heavy atom. The number of benzene rings is 1. The Morgan fingerprint density at radius 3 is 2.62 bits per heavy atom. The molecule has 1 atom stereocenters. The van der Waals surface area contributed by atoms with Gasteiger partial charge in [-0.05, 0) is 54.6 Å². The van der Waals surface area contributed by atoms with Crippen LogP contribution in [0.4, 0.5) is 0 Å². The number of rotatable bonds is 5. The van der Waals surface area contributed by atoms with Crippen LogP contribution in [0, 0.1) is 13.8 Å². The molecule has 2 heterocycles. The fourth-order valence-corrected chi connectivity index (χ4v) is 5.08. The Hall–Kier alpha value is -1.51. The molecule has 1 fully saturated rings. The number of likely N-dealkylation sites (N-methyl/N-ethyl adjacent to an activating group) is 1. The molecule has 0 spiro atoms. The molecule has 24 heavy (non-hydrogen) atoms. The molecular weight excluding hydrogens is 330 g/mol. The third-order valence-electron chi connectivity index (χ3n) is 4.50. The number of aryl methyl sites for hydroxylation is 2. The van der Waals surface area contributed by atoms with E-state index in [0.717, 1.165) is 24.8 Å². The van der Waals surface area contributed by atoms with E-state index in [-0.39, 0.29) is 11.0 Å². The molecule has 1 aromatic heterocycles. The van der Waals surface area contributed by atoms with Gasteiger partial charge in [0.1, 0.15) is 10.4 Å². The average Bonchev–Trinajstić information content (AvgIpc) is 3.02. The van der Waals surface area contributed by atoms with Crippen molar-refractivity contribution in [2.75, 3.05) is 19.7 Å². The second-order valence-electron chi connectivity index (χ2n) is 6.25. The minimum atomic E-state index is -3.70. The smallest absolute Gasteiger partial charge is 0.245 e. The lowest BCUT2D eigenvalue weighted by molar-refractivity contribution is 0.00670. The van der Waals surface area contributed by atoms with E-state index in [0.29, 0.717) is 36.3 Å². The predicted octanol–water partition coefficient (Wildman–Crippen LogP) is 2.42. The quantitative estimate of drug-likeness (QED) is 0.820. The summed E-state index contributed by atoms with van der Waals surface area (Å²) in [7, 11) is -3.70. The van der Waals surface area contributed by atoms with E-state index in [4.69, 9.17) is 9.37 Å². The maximum absolute atomic E-state index is 13.2. The third-order valence-corrected chi connectivity index (χ3v) is 6.62. The van der Waals surface area contributed by atoms with Gasteiger partial charge in [0.25, 0.3) is 0 Å². The highest BCUT2D eigenvalue weighted by atomic mass is 32.2. The van der Waals surface area contributed by atoms with Gasteiger partial charge in [-0.2, -0.15) is 4.31 Å². The molecule has 1 aliphatic rings. The molecule has 1 saturated heterocycles. The van der Waals surface area contributed by atoms with Gasteiger partial charge < -0.3 is 4.74 Å². The van der Waals surface area contributed by atoms with Crippen LogP contribution in [0.15, 0.2) is 15.6 Å². The van der Waals surface area contributed by atoms with Crippen LogP contribution in [0.1, 0.15) is 37.3 Å². The van der Waals surface area contributed by atoms with Gasteiger partial charge in [-0.3, -0.25) is 0 Å². The van der Waals surface area contributed by atoms with Crippen molar-refractivity contribution >= 4 is 21.1 Å². The highest BCUT2D eigenvalue weighted by molar-refractivity contribution is 7.89. The van der Waals surface area contributed by atoms with E-state index in [1.807, 2.05) is 19.9 Å². The Kier molecular flexibility index (Phi) is 4.89. The molecule has 0 N–H and O–H groups in total. The van der Waals surface area contributed by atoms with Crippen LogP contribution >= 0.6 is 0 Å². The average molecular weight is 353 g/mol. The number of fused-ring (bicyclic) bond motifs is 1. The van der Waals surface area contributed by atoms with Crippen LogP contribution in [0.5, 0.6) is 0 Å². The maximum atomic E-state index is 13.2. The van der Waals surface area contributed by atoms with E-state index in [9.17, 15) is 8.42 Å². The number of hydrogen-bond acceptors (Lipinski definition) is 6. The van der Waals surface area contributed by atoms with Gasteiger partial charge >= 0.3 is 0 Å². The molecular formula is C16H23N3O4S. The summed E-state index contributed by atoms with van der Waals surface area (Å²) < 4.78 is 38.5. The molecule has 8 heteroatoms. The zero-order valence-electron chi connectivity index (χ0n) is 14.3. The van der Waals surface area contributed by atoms with Crippen molar-refractivity contribution in [3.63, 3.8) is 0 Å². The minimum absolute atomic E-state index is 0.0508. The van der Waals surface area contributed by atoms with E-state index >= 15 is 0 Å². The van der Waals surface area contributed by atoms with Gasteiger partial charge in [-0.25, -0.2) is 13.0 Å². The van der Waals surface area contributed by atoms with Crippen LogP contribution in [-0.4, -0.2) is 48.8 Å². The maximum Gasteiger partial charge on any atom is 0.245 e. The third kappa shape index (κ3) is 3.05. The lowest BCUT2D eigenvalue weighted by atomic mass is 10.1. The normalized spacial score (nSPS) is 19.2. The Bertz CT molecular complexity index is 825. The van der Waals surface area contributed by atoms with Crippen molar-refractivity contribution in [2.45, 2.75) is 51.0 Å². The fourth-order valence-electron chi connectivity index (χ4n) is 3.27. The van der Waals surface area contributed by atoms with Gasteiger partial charge in [0.15, 0.2) is 5.52 Å². The zero-order chi connectivity index (χ0) is 17.3. The molecule has 0 amide bonds. The van der Waals surface area contributed by atoms with Crippen LogP contribution in [0.3, 0.4) is 0 Å². The Morgan fingerprint density at radius 2 is 1.96 bits per heavy atom. The lowest BCUT2D eigenvalue weighted by Crippen LogP contribution is -2.39. The first-order valence-corrected chi connectivity index (χ1v) is 9.73. The van der Waals surface area contributed by atoms with Gasteiger partial charge in [-0.15, -0.1) is 0 Å². The van der Waals surface area contributed by atoms with E-state index < -0.39 is 10.0 Å². The molecule has 0 radical (unpaired) electrons. The van der Waals surface area contributed by atoms with Crippen LogP contribution in [0.2, 0.25) is 0 Å². The zero-order valence-corrected chi connectivity index (χ0v) is 15.1. The SMILES string of the molecule is CCN(CC1CCCCO1)S(=O)(=O)c1c(C)cc(C)c2nonc12. The highest BCUT2D eigenvalue weighted by Gasteiger charge is 2.32. The highest BCUT2D eigenvalue weighted by Crippen LogP contribution is 2.30. The number of ether oxygens (including phenoxy) is 1. The predicted molar refractivity (Wildman–Crippen MR) is 89.3 cm³/mol. The summed E-state index contributed by atoms with van der Waals surface area (Å²) in [5.74, 6) is 0. The molecule has 0 saturated carbocycles. The number of nitrogens with zero attached hydrogens (tertiary/aromatic N) is 3. The Balaban J connectivity index is 2.01. The summed E-state index contributed by atoms with van der Waals surface area (Å²) in [5.41, 5.74) is 2.29. The molecule has 2 aromatic rings. The second kappa shape index (κ2) is 6.78. The molecule has 0 aliphatic carbocycles. The molecule has 1 aliphatic heterocycles. The molecule has 3 rings (SSSR count). The van der Waals surface area contributed by atoms with E-state index in [2.05, 4.69) is 10.3 Å². The number of aromatic nitrogens is 2. The number of hydrogen-bond donors (Lipinski definition) is 0. The number of sulfonamides is 1. The second-order valence-corrected chi connectivity index (χ2v) is 8.12. The van der Waals surface area contributed by atoms with Gasteiger partial charge in [0.05, 0.1) is 6.10 Å². The molecule has 1 unspecified atom stereocenters. The fraction of sp³-hybridized carbons (Fsp3) is 0.625. The largest absolute Gasteiger partial charge is 0.377 e. The Labute approximate surface area is 142 Å². The van der Waals surface area contributed by atoms with Crippen molar-refractivity contribution in [3.8, 4) is 0 Å². The van der Waals surface area contributed by atoms with Crippen LogP contribution in [-0.2, 0) is 14.8 Å². The van der Waals surface area contributed by atoms with E-state index in [1.165, 1.54) is 4.31 Å². The summed E-state index contributed by atoms with van der Waals surface area (Å²) in [6, 6.07) is 1.81. The minimum Gasteiger partial charge on any atom is -0.377 e. The van der Waals surface area contributed by atoms with Crippen molar-refractivity contribution in [1.29, 1.82) is 0 Å². The molecule has 7 nitrogen and oxygen atoms in total. The van der Waals surface area contributed by atoms with Crippen molar-refractivity contribution in [2.24, 2.45) is 0 Å². The standard InChI is InChI=1S/C16H23N3O4S/c1-4-19(10-13-7-5-6-8-22-13)24(20,21)16-12(3)9-11(2)14-15(16)18-23-17-14/h9,13H,4-8,10H2,1-3H3. The van der Waals surface area contributed by atoms with Crippen LogP contribution in [0.25, 0.3) is 11.0 Å².